The van der Waals surface area contributed by atoms with Crippen LogP contribution in [-0.4, -0.2) is 27.7 Å². The van der Waals surface area contributed by atoms with E-state index in [1.807, 2.05) is 19.3 Å². The quantitative estimate of drug-likeness (QED) is 0.858. The number of hydrogen-bond donors (Lipinski definition) is 2. The maximum absolute atomic E-state index is 11.9. The second-order valence-electron chi connectivity index (χ2n) is 5.61. The van der Waals surface area contributed by atoms with Crippen LogP contribution in [0.2, 0.25) is 0 Å². The third-order valence-electron chi connectivity index (χ3n) is 3.82. The Balaban J connectivity index is 1.91. The lowest BCUT2D eigenvalue weighted by Crippen LogP contribution is -2.46. The van der Waals surface area contributed by atoms with E-state index in [1.165, 1.54) is 6.42 Å². The minimum absolute atomic E-state index is 0.117. The lowest BCUT2D eigenvalue weighted by Gasteiger charge is -2.35. The van der Waals surface area contributed by atoms with Crippen molar-refractivity contribution in [3.8, 4) is 0 Å². The van der Waals surface area contributed by atoms with Gasteiger partial charge in [-0.2, -0.15) is 0 Å². The van der Waals surface area contributed by atoms with Gasteiger partial charge in [-0.1, -0.05) is 19.8 Å². The van der Waals surface area contributed by atoms with Crippen LogP contribution < -0.4 is 5.32 Å². The van der Waals surface area contributed by atoms with Gasteiger partial charge in [0.2, 0.25) is 0 Å². The first-order valence-electron chi connectivity index (χ1n) is 6.62. The number of carbonyl (C=O) groups excluding carboxylic acids is 1. The van der Waals surface area contributed by atoms with Gasteiger partial charge in [0.05, 0.1) is 5.60 Å². The van der Waals surface area contributed by atoms with Gasteiger partial charge in [0, 0.05) is 19.8 Å². The van der Waals surface area contributed by atoms with Gasteiger partial charge in [-0.3, -0.25) is 4.79 Å². The molecule has 0 spiro atoms. The van der Waals surface area contributed by atoms with Crippen molar-refractivity contribution in [3.05, 3.63) is 24.0 Å². The first-order chi connectivity index (χ1) is 8.50. The third-order valence-corrected chi connectivity index (χ3v) is 3.82. The lowest BCUT2D eigenvalue weighted by atomic mass is 9.79. The molecule has 0 aliphatic heterocycles. The maximum Gasteiger partial charge on any atom is 0.267 e. The summed E-state index contributed by atoms with van der Waals surface area (Å²) in [5, 5.41) is 13.3. The van der Waals surface area contributed by atoms with Crippen molar-refractivity contribution in [1.29, 1.82) is 0 Å². The first-order valence-corrected chi connectivity index (χ1v) is 6.62. The summed E-state index contributed by atoms with van der Waals surface area (Å²) < 4.78 is 1.78. The Morgan fingerprint density at radius 2 is 2.44 bits per heavy atom. The van der Waals surface area contributed by atoms with Crippen LogP contribution in [0.15, 0.2) is 18.3 Å². The highest BCUT2D eigenvalue weighted by atomic mass is 16.3. The normalized spacial score (nSPS) is 28.1. The highest BCUT2D eigenvalue weighted by molar-refractivity contribution is 5.92. The van der Waals surface area contributed by atoms with E-state index in [-0.39, 0.29) is 5.91 Å². The van der Waals surface area contributed by atoms with Crippen LogP contribution in [0.5, 0.6) is 0 Å². The Morgan fingerprint density at radius 1 is 1.67 bits per heavy atom. The Hall–Kier alpha value is -1.29. The van der Waals surface area contributed by atoms with Crippen LogP contribution in [0.4, 0.5) is 0 Å². The van der Waals surface area contributed by atoms with Crippen molar-refractivity contribution in [2.24, 2.45) is 13.0 Å². The Labute approximate surface area is 108 Å². The summed E-state index contributed by atoms with van der Waals surface area (Å²) in [5.74, 6) is 0.421. The van der Waals surface area contributed by atoms with Crippen molar-refractivity contribution < 1.29 is 9.90 Å². The molecule has 18 heavy (non-hydrogen) atoms. The number of aryl methyl sites for hydroxylation is 1. The molecule has 2 atom stereocenters. The molecule has 1 fully saturated rings. The Morgan fingerprint density at radius 3 is 3.06 bits per heavy atom. The molecular formula is C14H22N2O2. The SMILES string of the molecule is CC1CCCC(O)(CNC(=O)c2cccn2C)C1. The van der Waals surface area contributed by atoms with Crippen LogP contribution in [0.25, 0.3) is 0 Å². The highest BCUT2D eigenvalue weighted by Crippen LogP contribution is 2.31. The van der Waals surface area contributed by atoms with Crippen LogP contribution in [0.3, 0.4) is 0 Å². The average Bonchev–Trinajstić information content (AvgIpc) is 2.72. The van der Waals surface area contributed by atoms with Crippen LogP contribution in [0, 0.1) is 5.92 Å². The molecule has 1 aliphatic carbocycles. The number of carbonyl (C=O) groups is 1. The second-order valence-corrected chi connectivity index (χ2v) is 5.61. The number of rotatable bonds is 3. The van der Waals surface area contributed by atoms with E-state index < -0.39 is 5.60 Å². The van der Waals surface area contributed by atoms with E-state index in [1.54, 1.807) is 10.6 Å². The number of nitrogens with one attached hydrogen (secondary N) is 1. The van der Waals surface area contributed by atoms with Crippen molar-refractivity contribution in [2.45, 2.75) is 38.2 Å². The summed E-state index contributed by atoms with van der Waals surface area (Å²) in [6.07, 6.45) is 5.61. The molecule has 0 radical (unpaired) electrons. The molecule has 0 bridgehead atoms. The van der Waals surface area contributed by atoms with Gasteiger partial charge in [-0.25, -0.2) is 0 Å². The molecule has 1 aromatic rings. The predicted molar refractivity (Wildman–Crippen MR) is 70.3 cm³/mol. The first kappa shape index (κ1) is 13.1. The Kier molecular flexibility index (Phi) is 3.76. The number of nitrogens with zero attached hydrogens (tertiary/aromatic N) is 1. The zero-order valence-electron chi connectivity index (χ0n) is 11.1. The summed E-state index contributed by atoms with van der Waals surface area (Å²) in [6, 6.07) is 3.62. The summed E-state index contributed by atoms with van der Waals surface area (Å²) >= 11 is 0. The molecule has 2 N–H and O–H groups in total. The fourth-order valence-electron chi connectivity index (χ4n) is 2.83. The summed E-state index contributed by atoms with van der Waals surface area (Å²) in [4.78, 5) is 11.9. The third kappa shape index (κ3) is 2.93. The molecule has 0 aromatic carbocycles. The zero-order valence-corrected chi connectivity index (χ0v) is 11.1. The molecule has 4 nitrogen and oxygen atoms in total. The molecular weight excluding hydrogens is 228 g/mol. The zero-order chi connectivity index (χ0) is 13.2. The van der Waals surface area contributed by atoms with E-state index in [4.69, 9.17) is 0 Å². The number of aromatic nitrogens is 1. The van der Waals surface area contributed by atoms with Crippen LogP contribution >= 0.6 is 0 Å². The highest BCUT2D eigenvalue weighted by Gasteiger charge is 2.32. The van der Waals surface area contributed by atoms with Crippen molar-refractivity contribution >= 4 is 5.91 Å². The fraction of sp³-hybridized carbons (Fsp3) is 0.643. The van der Waals surface area contributed by atoms with E-state index in [2.05, 4.69) is 12.2 Å². The fourth-order valence-corrected chi connectivity index (χ4v) is 2.83. The van der Waals surface area contributed by atoms with Gasteiger partial charge in [0.15, 0.2) is 0 Å². The topological polar surface area (TPSA) is 54.3 Å². The van der Waals surface area contributed by atoms with Gasteiger partial charge >= 0.3 is 0 Å². The lowest BCUT2D eigenvalue weighted by molar-refractivity contribution is -0.0110. The number of hydrogen-bond acceptors (Lipinski definition) is 2. The van der Waals surface area contributed by atoms with Gasteiger partial charge in [-0.15, -0.1) is 0 Å². The molecule has 2 unspecified atom stereocenters. The second kappa shape index (κ2) is 5.14. The smallest absolute Gasteiger partial charge is 0.267 e. The van der Waals surface area contributed by atoms with Gasteiger partial charge < -0.3 is 15.0 Å². The molecule has 1 heterocycles. The van der Waals surface area contributed by atoms with Crippen molar-refractivity contribution in [2.75, 3.05) is 6.54 Å². The number of aliphatic hydroxyl groups is 1. The Bertz CT molecular complexity index is 427. The van der Waals surface area contributed by atoms with Crippen LogP contribution in [-0.2, 0) is 7.05 Å². The molecule has 2 rings (SSSR count). The minimum atomic E-state index is -0.724. The summed E-state index contributed by atoms with van der Waals surface area (Å²) in [5.41, 5.74) is -0.0964. The minimum Gasteiger partial charge on any atom is -0.388 e. The average molecular weight is 250 g/mol. The molecule has 1 saturated carbocycles. The van der Waals surface area contributed by atoms with Gasteiger partial charge in [0.25, 0.3) is 5.91 Å². The van der Waals surface area contributed by atoms with Crippen molar-refractivity contribution in [3.63, 3.8) is 0 Å². The molecule has 1 aliphatic rings. The van der Waals surface area contributed by atoms with Crippen molar-refractivity contribution in [1.82, 2.24) is 9.88 Å². The van der Waals surface area contributed by atoms with Gasteiger partial charge in [0.1, 0.15) is 5.69 Å². The maximum atomic E-state index is 11.9. The standard InChI is InChI=1S/C14H22N2O2/c1-11-5-3-7-14(18,9-11)10-15-13(17)12-6-4-8-16(12)2/h4,6,8,11,18H,3,5,7,9-10H2,1-2H3,(H,15,17). The summed E-state index contributed by atoms with van der Waals surface area (Å²) in [7, 11) is 1.84. The molecule has 100 valence electrons. The largest absolute Gasteiger partial charge is 0.388 e. The molecule has 4 heteroatoms. The van der Waals surface area contributed by atoms with E-state index in [9.17, 15) is 9.90 Å². The molecule has 1 amide bonds. The number of amides is 1. The van der Waals surface area contributed by atoms with E-state index in [0.717, 1.165) is 19.3 Å². The van der Waals surface area contributed by atoms with Gasteiger partial charge in [-0.05, 0) is 30.9 Å². The predicted octanol–water partition coefficient (Wildman–Crippen LogP) is 1.70. The van der Waals surface area contributed by atoms with E-state index >= 15 is 0 Å². The molecule has 1 aromatic heterocycles. The molecule has 0 saturated heterocycles. The monoisotopic (exact) mass is 250 g/mol. The summed E-state index contributed by atoms with van der Waals surface area (Å²) in [6.45, 7) is 2.50. The van der Waals surface area contributed by atoms with E-state index in [0.29, 0.717) is 18.2 Å². The van der Waals surface area contributed by atoms with Crippen LogP contribution in [0.1, 0.15) is 43.1 Å².